The number of rotatable bonds is 5. The van der Waals surface area contributed by atoms with Crippen LogP contribution in [0.2, 0.25) is 0 Å². The van der Waals surface area contributed by atoms with Crippen LogP contribution in [0.1, 0.15) is 56.9 Å². The quantitative estimate of drug-likeness (QED) is 0.590. The molecule has 158 valence electrons. The number of H-pyrrole nitrogens is 1. The van der Waals surface area contributed by atoms with E-state index >= 15 is 0 Å². The van der Waals surface area contributed by atoms with Gasteiger partial charge >= 0.3 is 0 Å². The summed E-state index contributed by atoms with van der Waals surface area (Å²) in [5.74, 6) is 0.432. The van der Waals surface area contributed by atoms with Gasteiger partial charge in [0.25, 0.3) is 0 Å². The predicted octanol–water partition coefficient (Wildman–Crippen LogP) is 4.42. The number of pyridine rings is 1. The Kier molecular flexibility index (Phi) is 5.41. The number of carbonyl (C=O) groups excluding carboxylic acids is 1. The topological polar surface area (TPSA) is 69.8 Å². The maximum Gasteiger partial charge on any atom is 0.230 e. The number of aryl methyl sites for hydroxylation is 1. The fourth-order valence-electron chi connectivity index (χ4n) is 4.40. The largest absolute Gasteiger partial charge is 0.354 e. The molecule has 5 heteroatoms. The van der Waals surface area contributed by atoms with Gasteiger partial charge in [-0.2, -0.15) is 0 Å². The molecule has 5 nitrogen and oxygen atoms in total. The minimum absolute atomic E-state index is 0.0853. The molecule has 1 amide bonds. The second-order valence-electron chi connectivity index (χ2n) is 9.30. The molecule has 0 unspecified atom stereocenters. The molecule has 1 fully saturated rings. The number of nitrogens with zero attached hydrogens (tertiary/aromatic N) is 1. The van der Waals surface area contributed by atoms with Gasteiger partial charge in [-0.15, -0.1) is 0 Å². The van der Waals surface area contributed by atoms with E-state index in [2.05, 4.69) is 64.8 Å². The van der Waals surface area contributed by atoms with E-state index in [0.717, 1.165) is 47.5 Å². The van der Waals surface area contributed by atoms with Gasteiger partial charge in [-0.25, -0.2) is 0 Å². The molecule has 1 aliphatic heterocycles. The zero-order valence-corrected chi connectivity index (χ0v) is 18.6. The monoisotopic (exact) mass is 404 g/mol. The lowest BCUT2D eigenvalue weighted by atomic mass is 9.82. The maximum absolute atomic E-state index is 13.1. The number of aromatic amines is 1. The third kappa shape index (κ3) is 3.74. The molecule has 3 heterocycles. The summed E-state index contributed by atoms with van der Waals surface area (Å²) in [6, 6.07) is 10.8. The molecule has 0 bridgehead atoms. The molecule has 3 aromatic rings. The fraction of sp³-hybridized carbons (Fsp3) is 0.440. The van der Waals surface area contributed by atoms with Gasteiger partial charge in [0, 0.05) is 40.9 Å². The molecule has 0 spiro atoms. The van der Waals surface area contributed by atoms with Crippen molar-refractivity contribution < 1.29 is 4.79 Å². The van der Waals surface area contributed by atoms with Crippen LogP contribution in [0.4, 0.5) is 0 Å². The van der Waals surface area contributed by atoms with Gasteiger partial charge in [-0.05, 0) is 75.0 Å². The fourth-order valence-corrected chi connectivity index (χ4v) is 4.40. The van der Waals surface area contributed by atoms with Crippen LogP contribution in [0.3, 0.4) is 0 Å². The first kappa shape index (κ1) is 20.6. The average molecular weight is 405 g/mol. The Labute approximate surface area is 178 Å². The number of hydrogen-bond donors (Lipinski definition) is 3. The molecule has 3 N–H and O–H groups in total. The summed E-state index contributed by atoms with van der Waals surface area (Å²) >= 11 is 0. The van der Waals surface area contributed by atoms with E-state index in [4.69, 9.17) is 0 Å². The standard InChI is InChI=1S/C25H32N4O/c1-15(2)22-20-13-18(25(4,5)24(30)28-19-9-10-26-14-19)6-7-21(20)29-23(22)17-8-11-27-16(3)12-17/h6-8,11-13,15,19,26,29H,9-10,14H2,1-5H3,(H,28,30)/t19-/m1/s1. The molecule has 0 saturated carbocycles. The highest BCUT2D eigenvalue weighted by Gasteiger charge is 2.32. The number of amides is 1. The van der Waals surface area contributed by atoms with Crippen molar-refractivity contribution in [3.63, 3.8) is 0 Å². The van der Waals surface area contributed by atoms with E-state index < -0.39 is 5.41 Å². The number of aromatic nitrogens is 2. The van der Waals surface area contributed by atoms with Gasteiger partial charge in [0.1, 0.15) is 0 Å². The van der Waals surface area contributed by atoms with Crippen molar-refractivity contribution in [3.05, 3.63) is 53.3 Å². The first-order valence-electron chi connectivity index (χ1n) is 10.9. The highest BCUT2D eigenvalue weighted by atomic mass is 16.2. The van der Waals surface area contributed by atoms with Gasteiger partial charge in [0.2, 0.25) is 5.91 Å². The van der Waals surface area contributed by atoms with Crippen molar-refractivity contribution in [2.45, 2.75) is 58.4 Å². The van der Waals surface area contributed by atoms with Crippen LogP contribution in [0.15, 0.2) is 36.5 Å². The molecule has 30 heavy (non-hydrogen) atoms. The maximum atomic E-state index is 13.1. The van der Waals surface area contributed by atoms with Crippen LogP contribution in [0.25, 0.3) is 22.2 Å². The highest BCUT2D eigenvalue weighted by Crippen LogP contribution is 2.37. The van der Waals surface area contributed by atoms with Crippen LogP contribution in [0, 0.1) is 6.92 Å². The molecule has 1 aliphatic rings. The van der Waals surface area contributed by atoms with Crippen LogP contribution >= 0.6 is 0 Å². The zero-order chi connectivity index (χ0) is 21.5. The van der Waals surface area contributed by atoms with Crippen LogP contribution in [-0.2, 0) is 10.2 Å². The number of fused-ring (bicyclic) bond motifs is 1. The van der Waals surface area contributed by atoms with Crippen molar-refractivity contribution in [1.82, 2.24) is 20.6 Å². The lowest BCUT2D eigenvalue weighted by molar-refractivity contribution is -0.126. The van der Waals surface area contributed by atoms with E-state index in [1.165, 1.54) is 10.9 Å². The second-order valence-corrected chi connectivity index (χ2v) is 9.30. The molecule has 1 saturated heterocycles. The molecular weight excluding hydrogens is 372 g/mol. The zero-order valence-electron chi connectivity index (χ0n) is 18.6. The summed E-state index contributed by atoms with van der Waals surface area (Å²) in [7, 11) is 0. The number of benzene rings is 1. The summed E-state index contributed by atoms with van der Waals surface area (Å²) in [4.78, 5) is 21.0. The van der Waals surface area contributed by atoms with Crippen molar-refractivity contribution in [1.29, 1.82) is 0 Å². The molecule has 1 aromatic carbocycles. The lowest BCUT2D eigenvalue weighted by Crippen LogP contribution is -2.45. The van der Waals surface area contributed by atoms with Gasteiger partial charge < -0.3 is 15.6 Å². The average Bonchev–Trinajstić information content (AvgIpc) is 3.34. The van der Waals surface area contributed by atoms with Crippen LogP contribution < -0.4 is 10.6 Å². The molecule has 4 rings (SSSR count). The smallest absolute Gasteiger partial charge is 0.230 e. The third-order valence-corrected chi connectivity index (χ3v) is 6.29. The van der Waals surface area contributed by atoms with Crippen molar-refractivity contribution in [2.75, 3.05) is 13.1 Å². The Balaban J connectivity index is 1.76. The molecule has 0 radical (unpaired) electrons. The Morgan fingerprint density at radius 1 is 1.23 bits per heavy atom. The van der Waals surface area contributed by atoms with E-state index in [1.54, 1.807) is 0 Å². The molecule has 1 atom stereocenters. The summed E-state index contributed by atoms with van der Waals surface area (Å²) in [6.45, 7) is 12.3. The minimum Gasteiger partial charge on any atom is -0.354 e. The van der Waals surface area contributed by atoms with E-state index in [-0.39, 0.29) is 11.9 Å². The van der Waals surface area contributed by atoms with E-state index in [0.29, 0.717) is 5.92 Å². The number of hydrogen-bond acceptors (Lipinski definition) is 3. The summed E-state index contributed by atoms with van der Waals surface area (Å²) in [5.41, 5.74) is 6.11. The highest BCUT2D eigenvalue weighted by molar-refractivity contribution is 5.94. The Morgan fingerprint density at radius 3 is 2.70 bits per heavy atom. The Morgan fingerprint density at radius 2 is 2.03 bits per heavy atom. The summed E-state index contributed by atoms with van der Waals surface area (Å²) < 4.78 is 0. The molecular formula is C25H32N4O. The van der Waals surface area contributed by atoms with Crippen LogP contribution in [0.5, 0.6) is 0 Å². The van der Waals surface area contributed by atoms with Gasteiger partial charge in [0.15, 0.2) is 0 Å². The summed E-state index contributed by atoms with van der Waals surface area (Å²) in [6.07, 6.45) is 2.85. The van der Waals surface area contributed by atoms with E-state index in [1.807, 2.05) is 27.0 Å². The Bertz CT molecular complexity index is 1070. The predicted molar refractivity (Wildman–Crippen MR) is 123 cm³/mol. The molecule has 2 aromatic heterocycles. The first-order valence-corrected chi connectivity index (χ1v) is 10.9. The van der Waals surface area contributed by atoms with Gasteiger partial charge in [0.05, 0.1) is 11.1 Å². The molecule has 0 aliphatic carbocycles. The van der Waals surface area contributed by atoms with Crippen molar-refractivity contribution in [2.24, 2.45) is 0 Å². The van der Waals surface area contributed by atoms with Gasteiger partial charge in [-0.1, -0.05) is 19.9 Å². The van der Waals surface area contributed by atoms with Crippen molar-refractivity contribution in [3.8, 4) is 11.3 Å². The normalized spacial score (nSPS) is 17.1. The van der Waals surface area contributed by atoms with E-state index in [9.17, 15) is 4.79 Å². The number of carbonyl (C=O) groups is 1. The first-order chi connectivity index (χ1) is 14.3. The summed E-state index contributed by atoms with van der Waals surface area (Å²) in [5, 5.41) is 7.73. The number of nitrogens with one attached hydrogen (secondary N) is 3. The van der Waals surface area contributed by atoms with Crippen molar-refractivity contribution >= 4 is 16.8 Å². The SMILES string of the molecule is Cc1cc(-c2[nH]c3ccc(C(C)(C)C(=O)N[C@@H]4CCNC4)cc3c2C(C)C)ccn1. The van der Waals surface area contributed by atoms with Gasteiger partial charge in [-0.3, -0.25) is 9.78 Å². The van der Waals surface area contributed by atoms with Crippen LogP contribution in [-0.4, -0.2) is 35.0 Å². The minimum atomic E-state index is -0.601. The lowest BCUT2D eigenvalue weighted by Gasteiger charge is -2.26. The third-order valence-electron chi connectivity index (χ3n) is 6.29. The second kappa shape index (κ2) is 7.88. The Hall–Kier alpha value is -2.66.